The van der Waals surface area contributed by atoms with Gasteiger partial charge in [-0.1, -0.05) is 33.1 Å². The first-order chi connectivity index (χ1) is 13.7. The number of hydrogen-bond acceptors (Lipinski definition) is 4. The molecular weight excluding hydrogens is 493 g/mol. The van der Waals surface area contributed by atoms with Crippen LogP contribution in [-0.2, 0) is 0 Å². The molecule has 2 aliphatic heterocycles. The fourth-order valence-electron chi connectivity index (χ4n) is 5.45. The Kier molecular flexibility index (Phi) is 11.4. The SMILES string of the molecule is CCN(CC)CC1CCN(C(=NC)NCC2(N3CCSCC3)CCCCC2)C1.I. The van der Waals surface area contributed by atoms with Crippen LogP contribution in [0.3, 0.4) is 0 Å². The zero-order valence-corrected chi connectivity index (χ0v) is 22.1. The van der Waals surface area contributed by atoms with Crippen molar-refractivity contribution in [1.82, 2.24) is 20.0 Å². The fraction of sp³-hybridized carbons (Fsp3) is 0.955. The van der Waals surface area contributed by atoms with Crippen LogP contribution in [0.2, 0.25) is 0 Å². The summed E-state index contributed by atoms with van der Waals surface area (Å²) in [4.78, 5) is 12.6. The molecule has 3 fully saturated rings. The van der Waals surface area contributed by atoms with E-state index >= 15 is 0 Å². The summed E-state index contributed by atoms with van der Waals surface area (Å²) in [5.41, 5.74) is 0.357. The number of guanidine groups is 1. The summed E-state index contributed by atoms with van der Waals surface area (Å²) in [6.45, 7) is 14.0. The third-order valence-electron chi connectivity index (χ3n) is 7.25. The maximum absolute atomic E-state index is 4.68. The molecule has 3 rings (SSSR count). The first kappa shape index (κ1) is 25.5. The first-order valence-electron chi connectivity index (χ1n) is 11.7. The number of likely N-dealkylation sites (tertiary alicyclic amines) is 1. The summed E-state index contributed by atoms with van der Waals surface area (Å²) < 4.78 is 0. The molecule has 170 valence electrons. The quantitative estimate of drug-likeness (QED) is 0.305. The Bertz CT molecular complexity index is 488. The van der Waals surface area contributed by atoms with E-state index in [-0.39, 0.29) is 24.0 Å². The molecule has 0 aromatic carbocycles. The largest absolute Gasteiger partial charge is 0.354 e. The molecular formula is C22H44IN5S. The van der Waals surface area contributed by atoms with Crippen LogP contribution in [-0.4, -0.2) is 97.1 Å². The molecule has 5 nitrogen and oxygen atoms in total. The van der Waals surface area contributed by atoms with Gasteiger partial charge in [0, 0.05) is 63.4 Å². The van der Waals surface area contributed by atoms with Crippen LogP contribution >= 0.6 is 35.7 Å². The Morgan fingerprint density at radius 1 is 1.10 bits per heavy atom. The van der Waals surface area contributed by atoms with Crippen molar-refractivity contribution in [2.75, 3.05) is 70.9 Å². The Morgan fingerprint density at radius 3 is 2.41 bits per heavy atom. The van der Waals surface area contributed by atoms with Crippen molar-refractivity contribution in [3.8, 4) is 0 Å². The maximum atomic E-state index is 4.68. The smallest absolute Gasteiger partial charge is 0.193 e. The van der Waals surface area contributed by atoms with Gasteiger partial charge in [-0.15, -0.1) is 24.0 Å². The van der Waals surface area contributed by atoms with Gasteiger partial charge in [-0.2, -0.15) is 11.8 Å². The second kappa shape index (κ2) is 13.0. The minimum Gasteiger partial charge on any atom is -0.354 e. The molecule has 1 saturated carbocycles. The number of aliphatic imine (C=N–C) groups is 1. The molecule has 1 atom stereocenters. The van der Waals surface area contributed by atoms with Crippen molar-refractivity contribution in [1.29, 1.82) is 0 Å². The molecule has 0 aromatic heterocycles. The molecule has 0 bridgehead atoms. The Hall–Kier alpha value is 0.270. The minimum absolute atomic E-state index is 0. The third kappa shape index (κ3) is 6.88. The summed E-state index contributed by atoms with van der Waals surface area (Å²) in [7, 11) is 1.96. The topological polar surface area (TPSA) is 34.1 Å². The lowest BCUT2D eigenvalue weighted by Gasteiger charge is -2.48. The van der Waals surface area contributed by atoms with E-state index in [0.717, 1.165) is 44.6 Å². The highest BCUT2D eigenvalue weighted by molar-refractivity contribution is 14.0. The average molecular weight is 538 g/mol. The van der Waals surface area contributed by atoms with Crippen LogP contribution in [0.15, 0.2) is 4.99 Å². The van der Waals surface area contributed by atoms with Crippen molar-refractivity contribution < 1.29 is 0 Å². The van der Waals surface area contributed by atoms with Crippen LogP contribution < -0.4 is 5.32 Å². The minimum atomic E-state index is 0. The standard InChI is InChI=1S/C22H43N5S.HI/c1-4-25(5-2)17-20-9-12-26(18-20)21(23-3)24-19-22(10-7-6-8-11-22)27-13-15-28-16-14-27;/h20H,4-19H2,1-3H3,(H,23,24);1H. The van der Waals surface area contributed by atoms with Gasteiger partial charge in [0.25, 0.3) is 0 Å². The van der Waals surface area contributed by atoms with Crippen LogP contribution in [0, 0.1) is 5.92 Å². The van der Waals surface area contributed by atoms with E-state index in [1.807, 2.05) is 7.05 Å². The number of hydrogen-bond donors (Lipinski definition) is 1. The van der Waals surface area contributed by atoms with E-state index in [4.69, 9.17) is 0 Å². The monoisotopic (exact) mass is 537 g/mol. The fourth-order valence-corrected chi connectivity index (χ4v) is 6.35. The summed E-state index contributed by atoms with van der Waals surface area (Å²) in [6.07, 6.45) is 8.20. The highest BCUT2D eigenvalue weighted by atomic mass is 127. The summed E-state index contributed by atoms with van der Waals surface area (Å²) >= 11 is 2.12. The number of rotatable bonds is 7. The van der Waals surface area contributed by atoms with Gasteiger partial charge in [-0.25, -0.2) is 0 Å². The van der Waals surface area contributed by atoms with Gasteiger partial charge in [-0.3, -0.25) is 9.89 Å². The lowest BCUT2D eigenvalue weighted by Crippen LogP contribution is -2.60. The van der Waals surface area contributed by atoms with E-state index in [0.29, 0.717) is 5.54 Å². The van der Waals surface area contributed by atoms with Crippen LogP contribution in [0.1, 0.15) is 52.4 Å². The van der Waals surface area contributed by atoms with E-state index < -0.39 is 0 Å². The highest BCUT2D eigenvalue weighted by Gasteiger charge is 2.39. The second-order valence-electron chi connectivity index (χ2n) is 8.87. The Balaban J connectivity index is 0.00000300. The number of nitrogens with one attached hydrogen (secondary N) is 1. The molecule has 0 radical (unpaired) electrons. The average Bonchev–Trinajstić information content (AvgIpc) is 3.22. The van der Waals surface area contributed by atoms with Crippen molar-refractivity contribution in [3.63, 3.8) is 0 Å². The molecule has 3 aliphatic rings. The molecule has 1 N–H and O–H groups in total. The lowest BCUT2D eigenvalue weighted by molar-refractivity contribution is 0.0621. The first-order valence-corrected chi connectivity index (χ1v) is 12.9. The molecule has 7 heteroatoms. The zero-order valence-electron chi connectivity index (χ0n) is 19.0. The maximum Gasteiger partial charge on any atom is 0.193 e. The van der Waals surface area contributed by atoms with E-state index in [1.165, 1.54) is 69.7 Å². The summed E-state index contributed by atoms with van der Waals surface area (Å²) in [5.74, 6) is 4.52. The number of nitrogens with zero attached hydrogens (tertiary/aromatic N) is 4. The van der Waals surface area contributed by atoms with Gasteiger partial charge in [0.1, 0.15) is 0 Å². The molecule has 0 amide bonds. The summed E-state index contributed by atoms with van der Waals surface area (Å²) in [6, 6.07) is 0. The van der Waals surface area contributed by atoms with Crippen molar-refractivity contribution in [3.05, 3.63) is 0 Å². The van der Waals surface area contributed by atoms with Crippen molar-refractivity contribution in [2.24, 2.45) is 10.9 Å². The van der Waals surface area contributed by atoms with Gasteiger partial charge >= 0.3 is 0 Å². The van der Waals surface area contributed by atoms with Gasteiger partial charge < -0.3 is 15.1 Å². The van der Waals surface area contributed by atoms with Crippen LogP contribution in [0.4, 0.5) is 0 Å². The predicted octanol–water partition coefficient (Wildman–Crippen LogP) is 3.60. The highest BCUT2D eigenvalue weighted by Crippen LogP contribution is 2.35. The third-order valence-corrected chi connectivity index (χ3v) is 8.19. The Morgan fingerprint density at radius 2 is 1.79 bits per heavy atom. The van der Waals surface area contributed by atoms with Gasteiger partial charge in [0.05, 0.1) is 0 Å². The van der Waals surface area contributed by atoms with Crippen LogP contribution in [0.25, 0.3) is 0 Å². The van der Waals surface area contributed by atoms with E-state index in [1.54, 1.807) is 0 Å². The van der Waals surface area contributed by atoms with Crippen LogP contribution in [0.5, 0.6) is 0 Å². The molecule has 29 heavy (non-hydrogen) atoms. The Labute approximate surface area is 200 Å². The molecule has 2 saturated heterocycles. The molecule has 1 aliphatic carbocycles. The van der Waals surface area contributed by atoms with Gasteiger partial charge in [0.2, 0.25) is 0 Å². The summed E-state index contributed by atoms with van der Waals surface area (Å²) in [5, 5.41) is 3.83. The normalized spacial score (nSPS) is 25.9. The molecule has 0 aromatic rings. The van der Waals surface area contributed by atoms with Gasteiger partial charge in [0.15, 0.2) is 5.96 Å². The molecule has 0 spiro atoms. The predicted molar refractivity (Wildman–Crippen MR) is 139 cm³/mol. The molecule has 2 heterocycles. The van der Waals surface area contributed by atoms with E-state index in [9.17, 15) is 0 Å². The van der Waals surface area contributed by atoms with Crippen molar-refractivity contribution >= 4 is 41.7 Å². The number of halogens is 1. The van der Waals surface area contributed by atoms with E-state index in [2.05, 4.69) is 50.6 Å². The number of thioether (sulfide) groups is 1. The zero-order chi connectivity index (χ0) is 19.8. The second-order valence-corrected chi connectivity index (χ2v) is 10.1. The van der Waals surface area contributed by atoms with Crippen molar-refractivity contribution in [2.45, 2.75) is 57.9 Å². The van der Waals surface area contributed by atoms with Gasteiger partial charge in [-0.05, 0) is 38.3 Å². The lowest BCUT2D eigenvalue weighted by atomic mass is 9.80. The molecule has 1 unspecified atom stereocenters.